The van der Waals surface area contributed by atoms with Crippen LogP contribution in [-0.4, -0.2) is 80.5 Å². The minimum absolute atomic E-state index is 0.0534. The van der Waals surface area contributed by atoms with E-state index in [1.165, 1.54) is 17.5 Å². The lowest BCUT2D eigenvalue weighted by Crippen LogP contribution is -2.60. The third kappa shape index (κ3) is 3.26. The molecule has 5 heterocycles. The summed E-state index contributed by atoms with van der Waals surface area (Å²) in [6.07, 6.45) is 8.17. The first kappa shape index (κ1) is 21.6. The number of hydrogen-bond donors (Lipinski definition) is 1. The van der Waals surface area contributed by atoms with Crippen molar-refractivity contribution in [2.75, 3.05) is 33.8 Å². The van der Waals surface area contributed by atoms with E-state index < -0.39 is 0 Å². The summed E-state index contributed by atoms with van der Waals surface area (Å²) in [4.78, 5) is 21.8. The van der Waals surface area contributed by atoms with Gasteiger partial charge in [-0.2, -0.15) is 10.2 Å². The molecule has 7 rings (SSSR count). The number of methoxy groups -OCH3 is 1. The quantitative estimate of drug-likeness (QED) is 0.469. The number of benzene rings is 1. The molecule has 0 spiro atoms. The number of likely N-dealkylation sites (N-methyl/N-ethyl adjacent to an activating group) is 1. The molecule has 2 saturated heterocycles. The fourth-order valence-corrected chi connectivity index (χ4v) is 5.82. The molecule has 0 bridgehead atoms. The van der Waals surface area contributed by atoms with Crippen molar-refractivity contribution in [3.63, 3.8) is 0 Å². The lowest BCUT2D eigenvalue weighted by atomic mass is 9.99. The predicted molar refractivity (Wildman–Crippen MR) is 136 cm³/mol. The SMILES string of the molecule is COc1cc2[nH]nc(-c3cnn(C4CN(C(=O)[C@H]5CCN5C)C4)c3)c2nc1-c1cccc2c1CCC2. The van der Waals surface area contributed by atoms with Crippen LogP contribution in [0, 0.1) is 0 Å². The zero-order valence-corrected chi connectivity index (χ0v) is 20.6. The molecule has 1 N–H and O–H groups in total. The minimum atomic E-state index is 0.0534. The minimum Gasteiger partial charge on any atom is -0.494 e. The Balaban J connectivity index is 1.18. The second kappa shape index (κ2) is 8.16. The van der Waals surface area contributed by atoms with Gasteiger partial charge in [-0.15, -0.1) is 0 Å². The predicted octanol–water partition coefficient (Wildman–Crippen LogP) is 3.07. The van der Waals surface area contributed by atoms with E-state index in [0.717, 1.165) is 65.1 Å². The van der Waals surface area contributed by atoms with Crippen LogP contribution in [0.2, 0.25) is 0 Å². The highest BCUT2D eigenvalue weighted by Crippen LogP contribution is 2.39. The second-order valence-corrected chi connectivity index (χ2v) is 10.2. The van der Waals surface area contributed by atoms with Crippen LogP contribution in [0.3, 0.4) is 0 Å². The lowest BCUT2D eigenvalue weighted by molar-refractivity contribution is -0.146. The maximum absolute atomic E-state index is 12.6. The van der Waals surface area contributed by atoms with Gasteiger partial charge in [0.05, 0.1) is 30.9 Å². The van der Waals surface area contributed by atoms with Crippen molar-refractivity contribution in [2.45, 2.75) is 37.8 Å². The number of aryl methyl sites for hydroxylation is 1. The number of fused-ring (bicyclic) bond motifs is 2. The summed E-state index contributed by atoms with van der Waals surface area (Å²) in [6, 6.07) is 8.70. The van der Waals surface area contributed by atoms with E-state index in [2.05, 4.69) is 38.4 Å². The Labute approximate surface area is 209 Å². The Bertz CT molecular complexity index is 1480. The largest absolute Gasteiger partial charge is 0.494 e. The number of carbonyl (C=O) groups excluding carboxylic acids is 1. The molecule has 36 heavy (non-hydrogen) atoms. The number of aromatic nitrogens is 5. The molecule has 0 radical (unpaired) electrons. The van der Waals surface area contributed by atoms with Crippen molar-refractivity contribution in [1.29, 1.82) is 0 Å². The number of pyridine rings is 1. The van der Waals surface area contributed by atoms with E-state index in [0.29, 0.717) is 13.1 Å². The van der Waals surface area contributed by atoms with Crippen molar-refractivity contribution in [3.05, 3.63) is 47.8 Å². The molecule has 1 aromatic carbocycles. The normalized spacial score (nSPS) is 19.8. The monoisotopic (exact) mass is 483 g/mol. The van der Waals surface area contributed by atoms with E-state index in [9.17, 15) is 4.79 Å². The number of carbonyl (C=O) groups is 1. The number of H-pyrrole nitrogens is 1. The highest BCUT2D eigenvalue weighted by molar-refractivity contribution is 5.93. The van der Waals surface area contributed by atoms with Gasteiger partial charge in [-0.05, 0) is 43.9 Å². The summed E-state index contributed by atoms with van der Waals surface area (Å²) < 4.78 is 7.70. The van der Waals surface area contributed by atoms with Gasteiger partial charge >= 0.3 is 0 Å². The Hall–Kier alpha value is -3.72. The summed E-state index contributed by atoms with van der Waals surface area (Å²) in [5.74, 6) is 0.980. The van der Waals surface area contributed by atoms with Crippen molar-refractivity contribution in [3.8, 4) is 28.3 Å². The molecule has 1 amide bonds. The molecule has 184 valence electrons. The fourth-order valence-electron chi connectivity index (χ4n) is 5.82. The molecule has 9 nitrogen and oxygen atoms in total. The van der Waals surface area contributed by atoms with Crippen LogP contribution in [0.4, 0.5) is 0 Å². The number of nitrogens with zero attached hydrogens (tertiary/aromatic N) is 6. The average molecular weight is 484 g/mol. The maximum atomic E-state index is 12.6. The summed E-state index contributed by atoms with van der Waals surface area (Å²) in [6.45, 7) is 2.40. The fraction of sp³-hybridized carbons (Fsp3) is 0.407. The summed E-state index contributed by atoms with van der Waals surface area (Å²) in [5, 5.41) is 12.3. The van der Waals surface area contributed by atoms with Crippen LogP contribution < -0.4 is 4.74 Å². The van der Waals surface area contributed by atoms with Crippen molar-refractivity contribution < 1.29 is 9.53 Å². The van der Waals surface area contributed by atoms with Gasteiger partial charge in [0, 0.05) is 43.0 Å². The Kier molecular flexibility index (Phi) is 4.89. The van der Waals surface area contributed by atoms with Gasteiger partial charge < -0.3 is 9.64 Å². The van der Waals surface area contributed by atoms with E-state index in [1.807, 2.05) is 35.1 Å². The molecule has 4 aromatic rings. The Morgan fingerprint density at radius 2 is 2.08 bits per heavy atom. The number of nitrogens with one attached hydrogen (secondary N) is 1. The van der Waals surface area contributed by atoms with Gasteiger partial charge in [-0.25, -0.2) is 4.98 Å². The third-order valence-corrected chi connectivity index (χ3v) is 8.12. The number of rotatable bonds is 5. The van der Waals surface area contributed by atoms with Gasteiger partial charge in [0.2, 0.25) is 5.91 Å². The lowest BCUT2D eigenvalue weighted by Gasteiger charge is -2.45. The summed E-state index contributed by atoms with van der Waals surface area (Å²) in [5.41, 5.74) is 8.09. The van der Waals surface area contributed by atoms with Gasteiger partial charge in [0.25, 0.3) is 0 Å². The van der Waals surface area contributed by atoms with Crippen molar-refractivity contribution >= 4 is 16.9 Å². The Morgan fingerprint density at radius 1 is 1.19 bits per heavy atom. The molecule has 9 heteroatoms. The van der Waals surface area contributed by atoms with Crippen molar-refractivity contribution in [2.24, 2.45) is 0 Å². The van der Waals surface area contributed by atoms with Gasteiger partial charge in [0.1, 0.15) is 22.7 Å². The highest BCUT2D eigenvalue weighted by Gasteiger charge is 2.40. The van der Waals surface area contributed by atoms with Crippen molar-refractivity contribution in [1.82, 2.24) is 34.8 Å². The standard InChI is InChI=1S/C27H29N7O2/c1-32-10-9-22(32)27(35)33-14-18(15-33)34-13-17(12-28-34)24-26-21(30-31-24)11-23(36-2)25(29-26)20-8-4-6-16-5-3-7-19(16)20/h4,6,8,11-13,18,22H,3,5,7,9-10,14-15H2,1-2H3,(H,30,31)/t22-/m1/s1. The van der Waals surface area contributed by atoms with E-state index in [-0.39, 0.29) is 18.0 Å². The molecule has 0 unspecified atom stereocenters. The molecule has 2 fully saturated rings. The van der Waals surface area contributed by atoms with E-state index in [1.54, 1.807) is 7.11 Å². The van der Waals surface area contributed by atoms with Crippen LogP contribution in [0.25, 0.3) is 33.5 Å². The van der Waals surface area contributed by atoms with Crippen LogP contribution in [0.5, 0.6) is 5.75 Å². The number of hydrogen-bond acceptors (Lipinski definition) is 6. The zero-order chi connectivity index (χ0) is 24.4. The third-order valence-electron chi connectivity index (χ3n) is 8.12. The molecule has 1 atom stereocenters. The maximum Gasteiger partial charge on any atom is 0.240 e. The molecule has 2 aliphatic heterocycles. The second-order valence-electron chi connectivity index (χ2n) is 10.2. The number of ether oxygens (including phenoxy) is 1. The molecule has 1 aliphatic carbocycles. The average Bonchev–Trinajstić information content (AvgIpc) is 3.60. The van der Waals surface area contributed by atoms with Crippen LogP contribution in [-0.2, 0) is 17.6 Å². The van der Waals surface area contributed by atoms with E-state index in [4.69, 9.17) is 9.72 Å². The zero-order valence-electron chi connectivity index (χ0n) is 20.6. The molecule has 0 saturated carbocycles. The molecular formula is C27H29N7O2. The first-order valence-electron chi connectivity index (χ1n) is 12.7. The smallest absolute Gasteiger partial charge is 0.240 e. The molecule has 3 aliphatic rings. The van der Waals surface area contributed by atoms with Crippen LogP contribution in [0.1, 0.15) is 30.0 Å². The number of likely N-dealkylation sites (tertiary alicyclic amines) is 2. The van der Waals surface area contributed by atoms with Gasteiger partial charge in [-0.3, -0.25) is 19.5 Å². The topological polar surface area (TPSA) is 92.2 Å². The Morgan fingerprint density at radius 3 is 2.86 bits per heavy atom. The van der Waals surface area contributed by atoms with Gasteiger partial charge in [-0.1, -0.05) is 18.2 Å². The number of amides is 1. The summed E-state index contributed by atoms with van der Waals surface area (Å²) >= 11 is 0. The van der Waals surface area contributed by atoms with Gasteiger partial charge in [0.15, 0.2) is 0 Å². The molecular weight excluding hydrogens is 454 g/mol. The number of aromatic amines is 1. The summed E-state index contributed by atoms with van der Waals surface area (Å²) in [7, 11) is 3.70. The van der Waals surface area contributed by atoms with Crippen LogP contribution >= 0.6 is 0 Å². The first-order chi connectivity index (χ1) is 17.6. The first-order valence-corrected chi connectivity index (χ1v) is 12.7. The van der Waals surface area contributed by atoms with E-state index >= 15 is 0 Å². The van der Waals surface area contributed by atoms with Crippen LogP contribution in [0.15, 0.2) is 36.7 Å². The highest BCUT2D eigenvalue weighted by atomic mass is 16.5. The molecule has 3 aromatic heterocycles.